The summed E-state index contributed by atoms with van der Waals surface area (Å²) >= 11 is 0. The van der Waals surface area contributed by atoms with Gasteiger partial charge in [0.2, 0.25) is 23.6 Å². The molecule has 1 aromatic carbocycles. The van der Waals surface area contributed by atoms with Crippen molar-refractivity contribution >= 4 is 29.6 Å². The van der Waals surface area contributed by atoms with Gasteiger partial charge in [0.15, 0.2) is 0 Å². The van der Waals surface area contributed by atoms with Crippen molar-refractivity contribution in [3.8, 4) is 5.75 Å². The number of carbonyl (C=O) groups is 5. The summed E-state index contributed by atoms with van der Waals surface area (Å²) in [6, 6.07) is 1.02. The van der Waals surface area contributed by atoms with Gasteiger partial charge in [-0.05, 0) is 36.0 Å². The molecule has 0 radical (unpaired) electrons. The summed E-state index contributed by atoms with van der Waals surface area (Å²) in [5, 5.41) is 26.4. The molecular formula is C25H39N5O7. The minimum Gasteiger partial charge on any atom is -0.508 e. The molecule has 0 aliphatic rings. The number of hydrogen-bond donors (Lipinski definition) is 7. The van der Waals surface area contributed by atoms with Gasteiger partial charge < -0.3 is 37.6 Å². The van der Waals surface area contributed by atoms with Crippen LogP contribution in [0.5, 0.6) is 5.75 Å². The predicted molar refractivity (Wildman–Crippen MR) is 136 cm³/mol. The van der Waals surface area contributed by atoms with Crippen LogP contribution in [0.2, 0.25) is 0 Å². The largest absolute Gasteiger partial charge is 0.508 e. The third-order valence-corrected chi connectivity index (χ3v) is 5.88. The van der Waals surface area contributed by atoms with Gasteiger partial charge in [0.25, 0.3) is 0 Å². The van der Waals surface area contributed by atoms with Crippen LogP contribution in [0.1, 0.15) is 52.5 Å². The minimum atomic E-state index is -1.47. The summed E-state index contributed by atoms with van der Waals surface area (Å²) < 4.78 is 0. The number of nitrogens with one attached hydrogen (secondary N) is 3. The topological polar surface area (TPSA) is 214 Å². The number of aliphatic carboxylic acids is 1. The molecule has 5 atom stereocenters. The van der Waals surface area contributed by atoms with Crippen LogP contribution in [0.3, 0.4) is 0 Å². The maximum atomic E-state index is 13.1. The van der Waals surface area contributed by atoms with Crippen molar-refractivity contribution in [1.82, 2.24) is 16.0 Å². The van der Waals surface area contributed by atoms with Crippen LogP contribution in [0.25, 0.3) is 0 Å². The van der Waals surface area contributed by atoms with Crippen LogP contribution in [-0.4, -0.2) is 64.0 Å². The molecule has 0 spiro atoms. The molecule has 5 unspecified atom stereocenters. The van der Waals surface area contributed by atoms with Gasteiger partial charge in [0.1, 0.15) is 23.9 Å². The smallest absolute Gasteiger partial charge is 0.326 e. The molecule has 0 aromatic heterocycles. The summed E-state index contributed by atoms with van der Waals surface area (Å²) in [5.74, 6) is -4.60. The Labute approximate surface area is 216 Å². The van der Waals surface area contributed by atoms with E-state index in [2.05, 4.69) is 16.0 Å². The van der Waals surface area contributed by atoms with Gasteiger partial charge in [-0.15, -0.1) is 0 Å². The normalized spacial score (nSPS) is 15.1. The standard InChI is InChI=1S/C25H39N5O7/c1-5-14(4)21(30-22(33)17(26)10-13(2)3)24(35)28-18(12-20(27)32)23(34)29-19(25(36)37)11-15-6-8-16(31)9-7-15/h6-9,13-14,17-19,21,31H,5,10-12,26H2,1-4H3,(H2,27,32)(H,28,35)(H,29,34)(H,30,33)(H,36,37). The summed E-state index contributed by atoms with van der Waals surface area (Å²) in [6.07, 6.45) is 0.220. The van der Waals surface area contributed by atoms with E-state index < -0.39 is 60.2 Å². The molecule has 1 rings (SSSR count). The highest BCUT2D eigenvalue weighted by molar-refractivity contribution is 5.96. The number of phenolic OH excluding ortho intramolecular Hbond substituents is 1. The second-order valence-electron chi connectivity index (χ2n) is 9.61. The number of hydrogen-bond acceptors (Lipinski definition) is 7. The fourth-order valence-electron chi connectivity index (χ4n) is 3.59. The van der Waals surface area contributed by atoms with Gasteiger partial charge in [-0.25, -0.2) is 4.79 Å². The summed E-state index contributed by atoms with van der Waals surface area (Å²) in [4.78, 5) is 62.0. The van der Waals surface area contributed by atoms with E-state index in [1.165, 1.54) is 24.3 Å². The van der Waals surface area contributed by atoms with Crippen molar-refractivity contribution in [2.75, 3.05) is 0 Å². The maximum Gasteiger partial charge on any atom is 0.326 e. The quantitative estimate of drug-likeness (QED) is 0.163. The molecule has 1 aromatic rings. The van der Waals surface area contributed by atoms with Crippen LogP contribution >= 0.6 is 0 Å². The lowest BCUT2D eigenvalue weighted by Crippen LogP contribution is -2.59. The number of nitrogens with two attached hydrogens (primary N) is 2. The molecule has 0 saturated carbocycles. The first-order valence-electron chi connectivity index (χ1n) is 12.2. The highest BCUT2D eigenvalue weighted by Gasteiger charge is 2.33. The zero-order chi connectivity index (χ0) is 28.3. The van der Waals surface area contributed by atoms with Gasteiger partial charge in [-0.3, -0.25) is 19.2 Å². The number of phenols is 1. The maximum absolute atomic E-state index is 13.1. The Morgan fingerprint density at radius 1 is 0.892 bits per heavy atom. The zero-order valence-electron chi connectivity index (χ0n) is 21.7. The molecule has 0 aliphatic carbocycles. The number of aromatic hydroxyl groups is 1. The molecule has 37 heavy (non-hydrogen) atoms. The summed E-state index contributed by atoms with van der Waals surface area (Å²) in [7, 11) is 0. The number of primary amides is 1. The Morgan fingerprint density at radius 2 is 1.46 bits per heavy atom. The van der Waals surface area contributed by atoms with Gasteiger partial charge in [0.05, 0.1) is 12.5 Å². The van der Waals surface area contributed by atoms with Gasteiger partial charge in [-0.2, -0.15) is 0 Å². The lowest BCUT2D eigenvalue weighted by molar-refractivity contribution is -0.142. The van der Waals surface area contributed by atoms with Crippen molar-refractivity contribution < 1.29 is 34.2 Å². The van der Waals surface area contributed by atoms with Gasteiger partial charge >= 0.3 is 5.97 Å². The number of carboxylic acid groups (broad SMARTS) is 1. The van der Waals surface area contributed by atoms with Crippen LogP contribution in [0.4, 0.5) is 0 Å². The molecule has 4 amide bonds. The van der Waals surface area contributed by atoms with E-state index in [9.17, 15) is 34.2 Å². The van der Waals surface area contributed by atoms with Crippen molar-refractivity contribution in [2.45, 2.75) is 77.5 Å². The molecule has 9 N–H and O–H groups in total. The first kappa shape index (κ1) is 31.4. The van der Waals surface area contributed by atoms with E-state index in [0.717, 1.165) is 0 Å². The van der Waals surface area contributed by atoms with E-state index in [4.69, 9.17) is 11.5 Å². The monoisotopic (exact) mass is 521 g/mol. The average molecular weight is 522 g/mol. The fraction of sp³-hybridized carbons (Fsp3) is 0.560. The number of carbonyl (C=O) groups excluding carboxylic acids is 4. The van der Waals surface area contributed by atoms with E-state index in [1.54, 1.807) is 6.92 Å². The van der Waals surface area contributed by atoms with E-state index in [0.29, 0.717) is 18.4 Å². The van der Waals surface area contributed by atoms with Gasteiger partial charge in [0, 0.05) is 6.42 Å². The lowest BCUT2D eigenvalue weighted by Gasteiger charge is -2.28. The van der Waals surface area contributed by atoms with Gasteiger partial charge in [-0.1, -0.05) is 46.2 Å². The lowest BCUT2D eigenvalue weighted by atomic mass is 9.96. The van der Waals surface area contributed by atoms with Crippen molar-refractivity contribution in [3.63, 3.8) is 0 Å². The SMILES string of the molecule is CCC(C)C(NC(=O)C(N)CC(C)C)C(=O)NC(CC(N)=O)C(=O)NC(Cc1ccc(O)cc1)C(=O)O. The molecule has 0 heterocycles. The highest BCUT2D eigenvalue weighted by atomic mass is 16.4. The highest BCUT2D eigenvalue weighted by Crippen LogP contribution is 2.13. The average Bonchev–Trinajstić information content (AvgIpc) is 2.81. The van der Waals surface area contributed by atoms with Crippen molar-refractivity contribution in [1.29, 1.82) is 0 Å². The van der Waals surface area contributed by atoms with Crippen molar-refractivity contribution in [3.05, 3.63) is 29.8 Å². The first-order valence-corrected chi connectivity index (χ1v) is 12.2. The van der Waals surface area contributed by atoms with Crippen LogP contribution < -0.4 is 27.4 Å². The number of benzene rings is 1. The van der Waals surface area contributed by atoms with Crippen LogP contribution in [0.15, 0.2) is 24.3 Å². The molecule has 0 saturated heterocycles. The Bertz CT molecular complexity index is 951. The Kier molecular flexibility index (Phi) is 12.5. The molecular weight excluding hydrogens is 482 g/mol. The second-order valence-corrected chi connectivity index (χ2v) is 9.61. The molecule has 0 aliphatic heterocycles. The molecule has 206 valence electrons. The summed E-state index contributed by atoms with van der Waals surface area (Å²) in [6.45, 7) is 7.37. The Morgan fingerprint density at radius 3 is 1.95 bits per heavy atom. The predicted octanol–water partition coefficient (Wildman–Crippen LogP) is -0.231. The Hall–Kier alpha value is -3.67. The van der Waals surface area contributed by atoms with E-state index in [-0.39, 0.29) is 24.0 Å². The molecule has 12 heteroatoms. The zero-order valence-corrected chi connectivity index (χ0v) is 21.7. The molecule has 0 fully saturated rings. The summed E-state index contributed by atoms with van der Waals surface area (Å²) in [5.41, 5.74) is 11.7. The van der Waals surface area contributed by atoms with Crippen LogP contribution in [0, 0.1) is 11.8 Å². The minimum absolute atomic E-state index is 0.00277. The number of rotatable bonds is 15. The van der Waals surface area contributed by atoms with E-state index in [1.807, 2.05) is 20.8 Å². The number of carboxylic acids is 1. The van der Waals surface area contributed by atoms with Crippen molar-refractivity contribution in [2.24, 2.45) is 23.3 Å². The third kappa shape index (κ3) is 10.9. The fourth-order valence-corrected chi connectivity index (χ4v) is 3.59. The Balaban J connectivity index is 3.04. The second kappa shape index (κ2) is 14.8. The third-order valence-electron chi connectivity index (χ3n) is 5.88. The first-order chi connectivity index (χ1) is 17.2. The van der Waals surface area contributed by atoms with Crippen LogP contribution in [-0.2, 0) is 30.4 Å². The van der Waals surface area contributed by atoms with E-state index >= 15 is 0 Å². The molecule has 12 nitrogen and oxygen atoms in total. The molecule has 0 bridgehead atoms. The number of amides is 4.